The SMILES string of the molecule is COc1cccc(CNCCCO)c1OCc1cccc(Cl)c1. The summed E-state index contributed by atoms with van der Waals surface area (Å²) in [5.74, 6) is 1.43. The van der Waals surface area contributed by atoms with Crippen LogP contribution >= 0.6 is 11.6 Å². The fraction of sp³-hybridized carbons (Fsp3) is 0.333. The lowest BCUT2D eigenvalue weighted by Gasteiger charge is -2.15. The smallest absolute Gasteiger partial charge is 0.166 e. The molecule has 0 spiro atoms. The van der Waals surface area contributed by atoms with Crippen molar-refractivity contribution in [2.24, 2.45) is 0 Å². The van der Waals surface area contributed by atoms with Crippen molar-refractivity contribution in [3.05, 3.63) is 58.6 Å². The van der Waals surface area contributed by atoms with Crippen LogP contribution in [0.5, 0.6) is 11.5 Å². The van der Waals surface area contributed by atoms with Gasteiger partial charge in [-0.15, -0.1) is 0 Å². The molecule has 0 unspecified atom stereocenters. The van der Waals surface area contributed by atoms with E-state index < -0.39 is 0 Å². The van der Waals surface area contributed by atoms with Gasteiger partial charge in [0.2, 0.25) is 0 Å². The Morgan fingerprint density at radius 3 is 2.74 bits per heavy atom. The molecule has 0 saturated heterocycles. The highest BCUT2D eigenvalue weighted by atomic mass is 35.5. The van der Waals surface area contributed by atoms with Gasteiger partial charge >= 0.3 is 0 Å². The van der Waals surface area contributed by atoms with Crippen LogP contribution in [0.25, 0.3) is 0 Å². The summed E-state index contributed by atoms with van der Waals surface area (Å²) in [4.78, 5) is 0. The van der Waals surface area contributed by atoms with Gasteiger partial charge in [-0.3, -0.25) is 0 Å². The van der Waals surface area contributed by atoms with Gasteiger partial charge in [-0.05, 0) is 36.7 Å². The monoisotopic (exact) mass is 335 g/mol. The molecule has 124 valence electrons. The van der Waals surface area contributed by atoms with Gasteiger partial charge in [0.1, 0.15) is 6.61 Å². The van der Waals surface area contributed by atoms with Gasteiger partial charge in [-0.2, -0.15) is 0 Å². The number of methoxy groups -OCH3 is 1. The molecule has 5 heteroatoms. The number of rotatable bonds is 9. The van der Waals surface area contributed by atoms with Gasteiger partial charge < -0.3 is 19.9 Å². The van der Waals surface area contributed by atoms with E-state index in [0.29, 0.717) is 23.9 Å². The Labute approximate surface area is 142 Å². The van der Waals surface area contributed by atoms with E-state index in [4.69, 9.17) is 26.2 Å². The van der Waals surface area contributed by atoms with Crippen molar-refractivity contribution in [3.8, 4) is 11.5 Å². The van der Waals surface area contributed by atoms with Crippen LogP contribution in [0.15, 0.2) is 42.5 Å². The Hall–Kier alpha value is -1.75. The first-order valence-corrected chi connectivity index (χ1v) is 7.97. The van der Waals surface area contributed by atoms with E-state index in [9.17, 15) is 0 Å². The number of aliphatic hydroxyl groups excluding tert-OH is 1. The van der Waals surface area contributed by atoms with E-state index in [1.807, 2.05) is 42.5 Å². The number of benzene rings is 2. The molecule has 0 amide bonds. The van der Waals surface area contributed by atoms with Gasteiger partial charge in [0.05, 0.1) is 7.11 Å². The summed E-state index contributed by atoms with van der Waals surface area (Å²) in [5.41, 5.74) is 2.02. The normalized spacial score (nSPS) is 10.6. The lowest BCUT2D eigenvalue weighted by molar-refractivity contribution is 0.278. The zero-order valence-electron chi connectivity index (χ0n) is 13.2. The van der Waals surface area contributed by atoms with E-state index in [2.05, 4.69) is 5.32 Å². The first kappa shape index (κ1) is 17.6. The molecule has 0 aliphatic heterocycles. The molecule has 0 bridgehead atoms. The first-order valence-electron chi connectivity index (χ1n) is 7.59. The molecular weight excluding hydrogens is 314 g/mol. The van der Waals surface area contributed by atoms with Crippen molar-refractivity contribution >= 4 is 11.6 Å². The quantitative estimate of drug-likeness (QED) is 0.690. The van der Waals surface area contributed by atoms with Crippen LogP contribution in [0, 0.1) is 0 Å². The molecule has 2 rings (SSSR count). The minimum atomic E-state index is 0.184. The largest absolute Gasteiger partial charge is 0.493 e. The molecule has 0 atom stereocenters. The Morgan fingerprint density at radius 1 is 1.17 bits per heavy atom. The third-order valence-electron chi connectivity index (χ3n) is 3.38. The summed E-state index contributed by atoms with van der Waals surface area (Å²) < 4.78 is 11.4. The molecule has 0 heterocycles. The maximum atomic E-state index is 8.84. The summed E-state index contributed by atoms with van der Waals surface area (Å²) in [7, 11) is 1.63. The van der Waals surface area contributed by atoms with Crippen molar-refractivity contribution in [1.82, 2.24) is 5.32 Å². The lowest BCUT2D eigenvalue weighted by Crippen LogP contribution is -2.16. The van der Waals surface area contributed by atoms with Crippen LogP contribution in [-0.4, -0.2) is 25.4 Å². The Balaban J connectivity index is 2.08. The molecule has 0 radical (unpaired) electrons. The van der Waals surface area contributed by atoms with Crippen LogP contribution in [0.4, 0.5) is 0 Å². The van der Waals surface area contributed by atoms with Gasteiger partial charge in [0, 0.05) is 23.7 Å². The molecule has 23 heavy (non-hydrogen) atoms. The van der Waals surface area contributed by atoms with Crippen molar-refractivity contribution in [3.63, 3.8) is 0 Å². The number of hydrogen-bond donors (Lipinski definition) is 2. The van der Waals surface area contributed by atoms with E-state index in [1.54, 1.807) is 7.11 Å². The Morgan fingerprint density at radius 2 is 2.00 bits per heavy atom. The van der Waals surface area contributed by atoms with E-state index in [-0.39, 0.29) is 6.61 Å². The second kappa shape index (κ2) is 9.40. The fourth-order valence-corrected chi connectivity index (χ4v) is 2.45. The molecule has 2 aromatic carbocycles. The maximum Gasteiger partial charge on any atom is 0.166 e. The summed E-state index contributed by atoms with van der Waals surface area (Å²) in [6.45, 7) is 2.01. The van der Waals surface area contributed by atoms with E-state index in [1.165, 1.54) is 0 Å². The second-order valence-corrected chi connectivity index (χ2v) is 5.56. The Bertz CT molecular complexity index is 619. The van der Waals surface area contributed by atoms with Gasteiger partial charge in [-0.1, -0.05) is 35.9 Å². The number of hydrogen-bond acceptors (Lipinski definition) is 4. The van der Waals surface area contributed by atoms with Crippen molar-refractivity contribution in [2.75, 3.05) is 20.3 Å². The first-order chi connectivity index (χ1) is 11.2. The maximum absolute atomic E-state index is 8.84. The summed E-state index contributed by atoms with van der Waals surface area (Å²) in [5, 5.41) is 12.8. The fourth-order valence-electron chi connectivity index (χ4n) is 2.23. The lowest BCUT2D eigenvalue weighted by atomic mass is 10.1. The van der Waals surface area contributed by atoms with Gasteiger partial charge in [0.25, 0.3) is 0 Å². The van der Waals surface area contributed by atoms with Gasteiger partial charge in [-0.25, -0.2) is 0 Å². The number of aliphatic hydroxyl groups is 1. The van der Waals surface area contributed by atoms with Gasteiger partial charge in [0.15, 0.2) is 11.5 Å². The Kier molecular flexibility index (Phi) is 7.20. The minimum Gasteiger partial charge on any atom is -0.493 e. The summed E-state index contributed by atoms with van der Waals surface area (Å²) in [6.07, 6.45) is 0.725. The molecule has 0 fully saturated rings. The highest BCUT2D eigenvalue weighted by Crippen LogP contribution is 2.32. The molecule has 4 nitrogen and oxygen atoms in total. The van der Waals surface area contributed by atoms with Crippen LogP contribution in [-0.2, 0) is 13.2 Å². The second-order valence-electron chi connectivity index (χ2n) is 5.12. The molecule has 0 aliphatic carbocycles. The van der Waals surface area contributed by atoms with E-state index in [0.717, 1.165) is 29.8 Å². The molecule has 0 saturated carbocycles. The topological polar surface area (TPSA) is 50.7 Å². The van der Waals surface area contributed by atoms with E-state index >= 15 is 0 Å². The molecular formula is C18H22ClNO3. The zero-order valence-corrected chi connectivity index (χ0v) is 14.0. The molecule has 0 aromatic heterocycles. The van der Waals surface area contributed by atoms with Crippen LogP contribution in [0.1, 0.15) is 17.5 Å². The van der Waals surface area contributed by atoms with Crippen molar-refractivity contribution in [1.29, 1.82) is 0 Å². The van der Waals surface area contributed by atoms with Crippen molar-refractivity contribution < 1.29 is 14.6 Å². The molecule has 2 N–H and O–H groups in total. The third-order valence-corrected chi connectivity index (χ3v) is 3.61. The van der Waals surface area contributed by atoms with Crippen LogP contribution in [0.2, 0.25) is 5.02 Å². The molecule has 2 aromatic rings. The predicted octanol–water partition coefficient (Wildman–Crippen LogP) is 3.40. The number of ether oxygens (including phenoxy) is 2. The van der Waals surface area contributed by atoms with Crippen LogP contribution in [0.3, 0.4) is 0 Å². The third kappa shape index (κ3) is 5.43. The number of nitrogens with one attached hydrogen (secondary N) is 1. The molecule has 0 aliphatic rings. The number of halogens is 1. The predicted molar refractivity (Wildman–Crippen MR) is 92.2 cm³/mol. The summed E-state index contributed by atoms with van der Waals surface area (Å²) in [6, 6.07) is 13.4. The average molecular weight is 336 g/mol. The summed E-state index contributed by atoms with van der Waals surface area (Å²) >= 11 is 6.00. The highest BCUT2D eigenvalue weighted by molar-refractivity contribution is 6.30. The average Bonchev–Trinajstić information content (AvgIpc) is 2.57. The van der Waals surface area contributed by atoms with Crippen LogP contribution < -0.4 is 14.8 Å². The standard InChI is InChI=1S/C18H22ClNO3/c1-22-17-8-3-6-15(12-20-9-4-10-21)18(17)23-13-14-5-2-7-16(19)11-14/h2-3,5-8,11,20-21H,4,9-10,12-13H2,1H3. The highest BCUT2D eigenvalue weighted by Gasteiger charge is 2.10. The zero-order chi connectivity index (χ0) is 16.5. The minimum absolute atomic E-state index is 0.184. The van der Waals surface area contributed by atoms with Crippen molar-refractivity contribution in [2.45, 2.75) is 19.6 Å². The number of para-hydroxylation sites is 1.